The van der Waals surface area contributed by atoms with E-state index in [4.69, 9.17) is 14.9 Å². The lowest BCUT2D eigenvalue weighted by Crippen LogP contribution is -2.47. The van der Waals surface area contributed by atoms with Gasteiger partial charge in [0.2, 0.25) is 11.8 Å². The molecule has 2 atom stereocenters. The van der Waals surface area contributed by atoms with Crippen LogP contribution < -0.4 is 10.6 Å². The number of nitrogens with two attached hydrogens (primary N) is 1. The summed E-state index contributed by atoms with van der Waals surface area (Å²) < 4.78 is 125. The number of anilines is 1. The first-order chi connectivity index (χ1) is 23.5. The van der Waals surface area contributed by atoms with Crippen molar-refractivity contribution < 1.29 is 49.1 Å². The molecule has 50 heavy (non-hydrogen) atoms. The maximum absolute atomic E-state index is 15.6. The molecular formula is C33H30F8N6O3. The lowest BCUT2D eigenvalue weighted by atomic mass is 9.95. The van der Waals surface area contributed by atoms with Crippen molar-refractivity contribution in [1.29, 1.82) is 0 Å². The predicted molar refractivity (Wildman–Crippen MR) is 163 cm³/mol. The normalized spacial score (nSPS) is 20.8. The second kappa shape index (κ2) is 13.3. The Morgan fingerprint density at radius 3 is 2.44 bits per heavy atom. The first-order valence-corrected chi connectivity index (χ1v) is 15.4. The summed E-state index contributed by atoms with van der Waals surface area (Å²) in [5.74, 6) is -10.4. The Balaban J connectivity index is 1.31. The third-order valence-corrected chi connectivity index (χ3v) is 8.62. The number of likely N-dealkylation sites (tertiary alicyclic amines) is 1. The number of nitrogens with zero attached hydrogens (tertiary/aromatic N) is 5. The van der Waals surface area contributed by atoms with E-state index in [2.05, 4.69) is 15.2 Å². The third kappa shape index (κ3) is 7.34. The first kappa shape index (κ1) is 35.3. The van der Waals surface area contributed by atoms with Crippen molar-refractivity contribution in [1.82, 2.24) is 20.1 Å². The highest BCUT2D eigenvalue weighted by molar-refractivity contribution is 5.99. The van der Waals surface area contributed by atoms with Crippen LogP contribution in [0.3, 0.4) is 0 Å². The van der Waals surface area contributed by atoms with Crippen molar-refractivity contribution in [3.05, 3.63) is 83.1 Å². The molecule has 2 aromatic heterocycles. The van der Waals surface area contributed by atoms with Crippen LogP contribution in [0.5, 0.6) is 0 Å². The van der Waals surface area contributed by atoms with Crippen molar-refractivity contribution in [2.24, 2.45) is 5.73 Å². The summed E-state index contributed by atoms with van der Waals surface area (Å²) in [6, 6.07) is 8.07. The number of hydrogen-bond acceptors (Lipinski definition) is 8. The molecule has 266 valence electrons. The number of amides is 1. The Bertz CT molecular complexity index is 1850. The third-order valence-electron chi connectivity index (χ3n) is 8.62. The molecular weight excluding hydrogens is 680 g/mol. The highest BCUT2D eigenvalue weighted by Crippen LogP contribution is 2.45. The average Bonchev–Trinajstić information content (AvgIpc) is 3.53. The topological polar surface area (TPSA) is 111 Å². The van der Waals surface area contributed by atoms with E-state index in [-0.39, 0.29) is 43.5 Å². The number of halogens is 8. The van der Waals surface area contributed by atoms with Gasteiger partial charge in [-0.25, -0.2) is 22.0 Å². The lowest BCUT2D eigenvalue weighted by molar-refractivity contribution is -0.137. The average molecular weight is 711 g/mol. The largest absolute Gasteiger partial charge is 0.420 e. The molecule has 6 rings (SSSR count). The number of ether oxygens (including phenoxy) is 1. The van der Waals surface area contributed by atoms with Gasteiger partial charge in [0.1, 0.15) is 5.82 Å². The van der Waals surface area contributed by atoms with Crippen LogP contribution in [0.1, 0.15) is 41.3 Å². The smallest absolute Gasteiger partial charge is 0.417 e. The molecule has 9 nitrogen and oxygen atoms in total. The van der Waals surface area contributed by atoms with Gasteiger partial charge >= 0.3 is 6.18 Å². The number of piperidine rings is 1. The molecule has 2 N–H and O–H groups in total. The molecule has 0 bridgehead atoms. The van der Waals surface area contributed by atoms with E-state index in [1.807, 2.05) is 0 Å². The summed E-state index contributed by atoms with van der Waals surface area (Å²) in [5, 5.41) is 7.71. The van der Waals surface area contributed by atoms with E-state index < -0.39 is 83.7 Å². The van der Waals surface area contributed by atoms with Gasteiger partial charge in [-0.2, -0.15) is 13.2 Å². The molecule has 1 fully saturated rings. The van der Waals surface area contributed by atoms with Crippen LogP contribution in [0, 0.1) is 5.82 Å². The maximum Gasteiger partial charge on any atom is 0.417 e. The zero-order valence-electron chi connectivity index (χ0n) is 26.4. The van der Waals surface area contributed by atoms with Gasteiger partial charge in [-0.3, -0.25) is 14.7 Å². The summed E-state index contributed by atoms with van der Waals surface area (Å²) in [7, 11) is 1.44. The number of pyridine rings is 1. The minimum Gasteiger partial charge on any atom is -0.420 e. The molecule has 4 heterocycles. The van der Waals surface area contributed by atoms with E-state index in [1.54, 1.807) is 0 Å². The Hall–Kier alpha value is -4.48. The fourth-order valence-corrected chi connectivity index (χ4v) is 6.15. The number of aromatic nitrogens is 3. The SMILES string of the molecule is COCCN1CC(c2nnc(-c3cc4c(cc3F)C(F)(F)C[C@@H](N)C(=O)N4Cc3ccc(-c4ccc(C(F)(F)F)cn4)cc3)o2)CC(F)(F)C1. The number of alkyl halides is 7. The Morgan fingerprint density at radius 1 is 1.04 bits per heavy atom. The molecule has 1 saturated heterocycles. The number of benzene rings is 2. The van der Waals surface area contributed by atoms with Crippen molar-refractivity contribution >= 4 is 11.6 Å². The zero-order chi connectivity index (χ0) is 36.0. The van der Waals surface area contributed by atoms with E-state index in [0.29, 0.717) is 23.4 Å². The summed E-state index contributed by atoms with van der Waals surface area (Å²) in [5.41, 5.74) is 4.44. The van der Waals surface area contributed by atoms with Crippen LogP contribution in [0.15, 0.2) is 59.1 Å². The van der Waals surface area contributed by atoms with Crippen LogP contribution in [-0.4, -0.2) is 71.3 Å². The number of carbonyl (C=O) groups excluding carboxylic acids is 1. The molecule has 0 saturated carbocycles. The predicted octanol–water partition coefficient (Wildman–Crippen LogP) is 6.38. The van der Waals surface area contributed by atoms with Crippen LogP contribution in [0.2, 0.25) is 0 Å². The van der Waals surface area contributed by atoms with E-state index in [1.165, 1.54) is 42.3 Å². The molecule has 0 aliphatic carbocycles. The monoisotopic (exact) mass is 710 g/mol. The summed E-state index contributed by atoms with van der Waals surface area (Å²) in [6.45, 7) is -0.235. The maximum atomic E-state index is 15.6. The standard InChI is InChI=1S/C33H30F8N6O3/c1-49-9-8-46-16-20(12-31(35,36)17-46)28-44-45-29(50-28)22-10-27-23(11-24(22)34)32(37,38)13-25(42)30(48)47(27)15-18-2-4-19(5-3-18)26-7-6-21(14-43-26)33(39,40)41/h2-7,10-11,14,20,25H,8-9,12-13,15-17,42H2,1H3/t20?,25-/m1/s1. The fraction of sp³-hybridized carbons (Fsp3) is 0.394. The van der Waals surface area contributed by atoms with Crippen LogP contribution >= 0.6 is 0 Å². The summed E-state index contributed by atoms with van der Waals surface area (Å²) in [4.78, 5) is 19.8. The van der Waals surface area contributed by atoms with E-state index >= 15 is 13.2 Å². The lowest BCUT2D eigenvalue weighted by Gasteiger charge is -2.36. The minimum atomic E-state index is -4.56. The van der Waals surface area contributed by atoms with Gasteiger partial charge in [0.15, 0.2) is 0 Å². The molecule has 1 amide bonds. The fourth-order valence-electron chi connectivity index (χ4n) is 6.15. The highest BCUT2D eigenvalue weighted by atomic mass is 19.4. The molecule has 0 radical (unpaired) electrons. The van der Waals surface area contributed by atoms with Crippen molar-refractivity contribution in [2.75, 3.05) is 38.3 Å². The van der Waals surface area contributed by atoms with Gasteiger partial charge in [-0.1, -0.05) is 24.3 Å². The molecule has 17 heteroatoms. The van der Waals surface area contributed by atoms with E-state index in [9.17, 15) is 26.7 Å². The van der Waals surface area contributed by atoms with Crippen molar-refractivity contribution in [3.8, 4) is 22.7 Å². The highest BCUT2D eigenvalue weighted by Gasteiger charge is 2.46. The first-order valence-electron chi connectivity index (χ1n) is 15.4. The second-order valence-electron chi connectivity index (χ2n) is 12.3. The van der Waals surface area contributed by atoms with Crippen molar-refractivity contribution in [2.45, 2.75) is 49.4 Å². The molecule has 1 unspecified atom stereocenters. The number of methoxy groups -OCH3 is 1. The van der Waals surface area contributed by atoms with Gasteiger partial charge in [-0.15, -0.1) is 10.2 Å². The molecule has 2 aliphatic rings. The van der Waals surface area contributed by atoms with Gasteiger partial charge in [-0.05, 0) is 29.8 Å². The number of carbonyl (C=O) groups is 1. The van der Waals surface area contributed by atoms with E-state index in [0.717, 1.165) is 17.0 Å². The molecule has 2 aliphatic heterocycles. The van der Waals surface area contributed by atoms with Gasteiger partial charge in [0, 0.05) is 50.4 Å². The molecule has 0 spiro atoms. The van der Waals surface area contributed by atoms with Gasteiger partial charge in [0.25, 0.3) is 17.7 Å². The second-order valence-corrected chi connectivity index (χ2v) is 12.3. The number of rotatable bonds is 8. The molecule has 4 aromatic rings. The summed E-state index contributed by atoms with van der Waals surface area (Å²) >= 11 is 0. The quantitative estimate of drug-likeness (QED) is 0.210. The zero-order valence-corrected chi connectivity index (χ0v) is 26.4. The van der Waals surface area contributed by atoms with Crippen LogP contribution in [-0.2, 0) is 28.2 Å². The Kier molecular flexibility index (Phi) is 9.43. The van der Waals surface area contributed by atoms with Crippen LogP contribution in [0.4, 0.5) is 40.8 Å². The number of fused-ring (bicyclic) bond motifs is 1. The van der Waals surface area contributed by atoms with Crippen molar-refractivity contribution in [3.63, 3.8) is 0 Å². The Labute approximate surface area is 280 Å². The number of hydrogen-bond donors (Lipinski definition) is 1. The van der Waals surface area contributed by atoms with Crippen LogP contribution in [0.25, 0.3) is 22.7 Å². The summed E-state index contributed by atoms with van der Waals surface area (Å²) in [6.07, 6.45) is -5.57. The molecule has 2 aromatic carbocycles. The van der Waals surface area contributed by atoms with Gasteiger partial charge in [0.05, 0.1) is 54.2 Å². The Morgan fingerprint density at radius 2 is 1.78 bits per heavy atom. The minimum absolute atomic E-state index is 0.132. The van der Waals surface area contributed by atoms with Gasteiger partial charge < -0.3 is 19.8 Å².